The van der Waals surface area contributed by atoms with Gasteiger partial charge in [-0.2, -0.15) is 0 Å². The molecule has 1 heterocycles. The van der Waals surface area contributed by atoms with Gasteiger partial charge in [-0.05, 0) is 32.7 Å². The third-order valence-electron chi connectivity index (χ3n) is 2.86. The van der Waals surface area contributed by atoms with Gasteiger partial charge in [0, 0.05) is 32.3 Å². The van der Waals surface area contributed by atoms with E-state index in [1.807, 2.05) is 6.92 Å². The number of rotatable bonds is 6. The highest BCUT2D eigenvalue weighted by Crippen LogP contribution is 2.13. The standard InChI is InChI=1S/C11H24N2O2/c1-2-15-11-4-3-6-13(9-11)8-10(12)5-7-14/h10-11,14H,2-9,12H2,1H3. The maximum absolute atomic E-state index is 8.78. The van der Waals surface area contributed by atoms with Gasteiger partial charge < -0.3 is 15.6 Å². The number of aliphatic hydroxyl groups is 1. The average molecular weight is 216 g/mol. The lowest BCUT2D eigenvalue weighted by Gasteiger charge is -2.33. The third-order valence-corrected chi connectivity index (χ3v) is 2.86. The zero-order valence-corrected chi connectivity index (χ0v) is 9.69. The fourth-order valence-electron chi connectivity index (χ4n) is 2.14. The van der Waals surface area contributed by atoms with Crippen molar-refractivity contribution in [3.05, 3.63) is 0 Å². The van der Waals surface area contributed by atoms with Crippen LogP contribution in [-0.4, -0.2) is 55.0 Å². The topological polar surface area (TPSA) is 58.7 Å². The molecule has 2 unspecified atom stereocenters. The highest BCUT2D eigenvalue weighted by molar-refractivity contribution is 4.76. The summed E-state index contributed by atoms with van der Waals surface area (Å²) < 4.78 is 5.62. The second-order valence-electron chi connectivity index (χ2n) is 4.25. The van der Waals surface area contributed by atoms with E-state index < -0.39 is 0 Å². The molecular weight excluding hydrogens is 192 g/mol. The summed E-state index contributed by atoms with van der Waals surface area (Å²) in [6.07, 6.45) is 3.43. The molecule has 4 nitrogen and oxygen atoms in total. The molecule has 0 aromatic rings. The van der Waals surface area contributed by atoms with Gasteiger partial charge in [-0.25, -0.2) is 0 Å². The number of nitrogens with zero attached hydrogens (tertiary/aromatic N) is 1. The van der Waals surface area contributed by atoms with E-state index in [-0.39, 0.29) is 12.6 Å². The lowest BCUT2D eigenvalue weighted by molar-refractivity contribution is 0.00404. The molecule has 0 bridgehead atoms. The largest absolute Gasteiger partial charge is 0.396 e. The summed E-state index contributed by atoms with van der Waals surface area (Å²) in [4.78, 5) is 2.35. The SMILES string of the molecule is CCOC1CCCN(CC(N)CCO)C1. The van der Waals surface area contributed by atoms with Gasteiger partial charge in [0.15, 0.2) is 0 Å². The molecule has 0 aromatic heterocycles. The Kier molecular flexibility index (Phi) is 6.17. The molecule has 0 radical (unpaired) electrons. The molecule has 1 fully saturated rings. The van der Waals surface area contributed by atoms with Crippen molar-refractivity contribution in [3.63, 3.8) is 0 Å². The molecule has 2 atom stereocenters. The number of likely N-dealkylation sites (tertiary alicyclic amines) is 1. The van der Waals surface area contributed by atoms with Crippen LogP contribution in [0.25, 0.3) is 0 Å². The third kappa shape index (κ3) is 4.93. The van der Waals surface area contributed by atoms with Crippen LogP contribution in [0.4, 0.5) is 0 Å². The molecule has 0 spiro atoms. The molecule has 4 heteroatoms. The van der Waals surface area contributed by atoms with Gasteiger partial charge in [0.25, 0.3) is 0 Å². The Morgan fingerprint density at radius 1 is 1.60 bits per heavy atom. The smallest absolute Gasteiger partial charge is 0.0702 e. The number of ether oxygens (including phenoxy) is 1. The summed E-state index contributed by atoms with van der Waals surface area (Å²) in [5, 5.41) is 8.78. The van der Waals surface area contributed by atoms with Gasteiger partial charge >= 0.3 is 0 Å². The van der Waals surface area contributed by atoms with E-state index in [0.29, 0.717) is 12.5 Å². The second kappa shape index (κ2) is 7.17. The number of hydrogen-bond donors (Lipinski definition) is 2. The number of nitrogens with two attached hydrogens (primary N) is 1. The summed E-state index contributed by atoms with van der Waals surface area (Å²) in [5.41, 5.74) is 5.89. The summed E-state index contributed by atoms with van der Waals surface area (Å²) in [6.45, 7) is 6.00. The van der Waals surface area contributed by atoms with Crippen molar-refractivity contribution in [3.8, 4) is 0 Å². The Labute approximate surface area is 92.4 Å². The van der Waals surface area contributed by atoms with Gasteiger partial charge in [0.1, 0.15) is 0 Å². The fraction of sp³-hybridized carbons (Fsp3) is 1.00. The van der Waals surface area contributed by atoms with Crippen molar-refractivity contribution in [2.45, 2.75) is 38.3 Å². The predicted octanol–water partition coefficient (Wildman–Crippen LogP) is 0.197. The van der Waals surface area contributed by atoms with Crippen LogP contribution in [0.1, 0.15) is 26.2 Å². The minimum Gasteiger partial charge on any atom is -0.396 e. The first-order chi connectivity index (χ1) is 7.26. The van der Waals surface area contributed by atoms with Crippen molar-refractivity contribution >= 4 is 0 Å². The Bertz CT molecular complexity index is 163. The van der Waals surface area contributed by atoms with E-state index in [4.69, 9.17) is 15.6 Å². The van der Waals surface area contributed by atoms with Crippen LogP contribution in [0.5, 0.6) is 0 Å². The molecule has 0 amide bonds. The molecule has 3 N–H and O–H groups in total. The van der Waals surface area contributed by atoms with Crippen LogP contribution >= 0.6 is 0 Å². The van der Waals surface area contributed by atoms with E-state index in [1.54, 1.807) is 0 Å². The van der Waals surface area contributed by atoms with E-state index in [9.17, 15) is 0 Å². The van der Waals surface area contributed by atoms with Gasteiger partial charge in [-0.15, -0.1) is 0 Å². The second-order valence-corrected chi connectivity index (χ2v) is 4.25. The van der Waals surface area contributed by atoms with E-state index in [0.717, 1.165) is 26.2 Å². The number of piperidine rings is 1. The molecule has 0 aliphatic carbocycles. The molecule has 1 rings (SSSR count). The Hall–Kier alpha value is -0.160. The van der Waals surface area contributed by atoms with Gasteiger partial charge in [-0.3, -0.25) is 4.90 Å². The summed E-state index contributed by atoms with van der Waals surface area (Å²) in [6, 6.07) is 0.0929. The van der Waals surface area contributed by atoms with Gasteiger partial charge in [-0.1, -0.05) is 0 Å². The molecule has 1 aliphatic rings. The Balaban J connectivity index is 2.23. The van der Waals surface area contributed by atoms with Crippen LogP contribution < -0.4 is 5.73 Å². The molecule has 90 valence electrons. The van der Waals surface area contributed by atoms with E-state index in [1.165, 1.54) is 12.8 Å². The summed E-state index contributed by atoms with van der Waals surface area (Å²) >= 11 is 0. The van der Waals surface area contributed by atoms with Crippen LogP contribution in [0.15, 0.2) is 0 Å². The number of hydrogen-bond acceptors (Lipinski definition) is 4. The lowest BCUT2D eigenvalue weighted by atomic mass is 10.1. The highest BCUT2D eigenvalue weighted by Gasteiger charge is 2.21. The molecule has 0 saturated carbocycles. The lowest BCUT2D eigenvalue weighted by Crippen LogP contribution is -2.45. The molecule has 1 saturated heterocycles. The van der Waals surface area contributed by atoms with Crippen molar-refractivity contribution < 1.29 is 9.84 Å². The Morgan fingerprint density at radius 2 is 2.40 bits per heavy atom. The van der Waals surface area contributed by atoms with Crippen molar-refractivity contribution in [1.29, 1.82) is 0 Å². The fourth-order valence-corrected chi connectivity index (χ4v) is 2.14. The first-order valence-electron chi connectivity index (χ1n) is 5.96. The normalized spacial score (nSPS) is 25.4. The summed E-state index contributed by atoms with van der Waals surface area (Å²) in [5.74, 6) is 0. The van der Waals surface area contributed by atoms with Crippen LogP contribution in [-0.2, 0) is 4.74 Å². The van der Waals surface area contributed by atoms with Crippen molar-refractivity contribution in [1.82, 2.24) is 4.90 Å². The van der Waals surface area contributed by atoms with Crippen LogP contribution in [0.3, 0.4) is 0 Å². The van der Waals surface area contributed by atoms with E-state index in [2.05, 4.69) is 4.90 Å². The zero-order chi connectivity index (χ0) is 11.1. The van der Waals surface area contributed by atoms with Gasteiger partial charge in [0.05, 0.1) is 6.10 Å². The van der Waals surface area contributed by atoms with Crippen LogP contribution in [0.2, 0.25) is 0 Å². The van der Waals surface area contributed by atoms with Crippen molar-refractivity contribution in [2.75, 3.05) is 32.8 Å². The summed E-state index contributed by atoms with van der Waals surface area (Å²) in [7, 11) is 0. The Morgan fingerprint density at radius 3 is 3.07 bits per heavy atom. The quantitative estimate of drug-likeness (QED) is 0.666. The predicted molar refractivity (Wildman–Crippen MR) is 60.8 cm³/mol. The van der Waals surface area contributed by atoms with Crippen molar-refractivity contribution in [2.24, 2.45) is 5.73 Å². The van der Waals surface area contributed by atoms with E-state index >= 15 is 0 Å². The van der Waals surface area contributed by atoms with Gasteiger partial charge in [0.2, 0.25) is 0 Å². The first-order valence-corrected chi connectivity index (χ1v) is 5.96. The molecule has 0 aromatic carbocycles. The monoisotopic (exact) mass is 216 g/mol. The van der Waals surface area contributed by atoms with Crippen LogP contribution in [0, 0.1) is 0 Å². The molecular formula is C11H24N2O2. The first kappa shape index (κ1) is 12.9. The number of aliphatic hydroxyl groups excluding tert-OH is 1. The minimum absolute atomic E-state index is 0.0929. The molecule has 1 aliphatic heterocycles. The maximum atomic E-state index is 8.78. The molecule has 15 heavy (non-hydrogen) atoms. The highest BCUT2D eigenvalue weighted by atomic mass is 16.5. The average Bonchev–Trinajstić information content (AvgIpc) is 2.19. The minimum atomic E-state index is 0.0929. The maximum Gasteiger partial charge on any atom is 0.0702 e. The zero-order valence-electron chi connectivity index (χ0n) is 9.69.